The van der Waals surface area contributed by atoms with E-state index in [0.29, 0.717) is 15.1 Å². The molecule has 3 N–H and O–H groups in total. The Labute approximate surface area is 106 Å². The molecule has 0 amide bonds. The Morgan fingerprint density at radius 2 is 2.31 bits per heavy atom. The van der Waals surface area contributed by atoms with Crippen molar-refractivity contribution >= 4 is 33.5 Å². The number of benzene rings is 1. The van der Waals surface area contributed by atoms with Crippen LogP contribution in [0.1, 0.15) is 18.0 Å². The van der Waals surface area contributed by atoms with Gasteiger partial charge in [-0.3, -0.25) is 4.79 Å². The highest BCUT2D eigenvalue weighted by atomic mass is 79.9. The first kappa shape index (κ1) is 13.3. The molecule has 0 spiro atoms. The Hall–Kier alpha value is -0.780. The predicted molar refractivity (Wildman–Crippen MR) is 64.4 cm³/mol. The Morgan fingerprint density at radius 1 is 1.69 bits per heavy atom. The SMILES string of the molecule is COC(=O)C[C@@H](N)c1c(Cl)ccc(Br)c1O. The molecule has 1 atom stereocenters. The number of hydrogen-bond donors (Lipinski definition) is 2. The standard InChI is InChI=1S/C10H11BrClNO3/c1-16-8(14)4-7(13)9-6(12)3-2-5(11)10(9)15/h2-3,7,15H,4,13H2,1H3/t7-/m1/s1. The van der Waals surface area contributed by atoms with Gasteiger partial charge in [-0.15, -0.1) is 0 Å². The van der Waals surface area contributed by atoms with Gasteiger partial charge >= 0.3 is 5.97 Å². The van der Waals surface area contributed by atoms with E-state index in [1.165, 1.54) is 7.11 Å². The van der Waals surface area contributed by atoms with Crippen molar-refractivity contribution in [1.82, 2.24) is 0 Å². The van der Waals surface area contributed by atoms with Gasteiger partial charge in [-0.05, 0) is 28.1 Å². The number of rotatable bonds is 3. The largest absolute Gasteiger partial charge is 0.506 e. The topological polar surface area (TPSA) is 72.5 Å². The highest BCUT2D eigenvalue weighted by Crippen LogP contribution is 2.37. The number of carbonyl (C=O) groups excluding carboxylic acids is 1. The molecule has 0 aliphatic carbocycles. The zero-order chi connectivity index (χ0) is 12.3. The van der Waals surface area contributed by atoms with Gasteiger partial charge in [-0.25, -0.2) is 0 Å². The van der Waals surface area contributed by atoms with Gasteiger partial charge < -0.3 is 15.6 Å². The smallest absolute Gasteiger partial charge is 0.307 e. The summed E-state index contributed by atoms with van der Waals surface area (Å²) in [4.78, 5) is 11.1. The van der Waals surface area contributed by atoms with Crippen molar-refractivity contribution in [2.24, 2.45) is 5.73 Å². The third-order valence-electron chi connectivity index (χ3n) is 2.10. The zero-order valence-corrected chi connectivity index (χ0v) is 10.9. The summed E-state index contributed by atoms with van der Waals surface area (Å²) in [6.45, 7) is 0. The van der Waals surface area contributed by atoms with E-state index in [9.17, 15) is 9.90 Å². The lowest BCUT2D eigenvalue weighted by atomic mass is 10.0. The molecule has 1 aromatic carbocycles. The highest BCUT2D eigenvalue weighted by molar-refractivity contribution is 9.10. The van der Waals surface area contributed by atoms with E-state index in [4.69, 9.17) is 17.3 Å². The van der Waals surface area contributed by atoms with E-state index in [1.807, 2.05) is 0 Å². The van der Waals surface area contributed by atoms with Crippen LogP contribution in [0.25, 0.3) is 0 Å². The van der Waals surface area contributed by atoms with Crippen molar-refractivity contribution in [2.75, 3.05) is 7.11 Å². The molecule has 0 saturated carbocycles. The first-order chi connectivity index (χ1) is 7.47. The number of carbonyl (C=O) groups is 1. The van der Waals surface area contributed by atoms with Crippen molar-refractivity contribution in [3.8, 4) is 5.75 Å². The summed E-state index contributed by atoms with van der Waals surface area (Å²) in [6, 6.07) is 2.50. The van der Waals surface area contributed by atoms with Crippen LogP contribution in [0.4, 0.5) is 0 Å². The fourth-order valence-electron chi connectivity index (χ4n) is 1.27. The van der Waals surface area contributed by atoms with Crippen LogP contribution in [0.2, 0.25) is 5.02 Å². The monoisotopic (exact) mass is 307 g/mol. The number of phenols is 1. The van der Waals surface area contributed by atoms with Gasteiger partial charge in [0.05, 0.1) is 18.0 Å². The second-order valence-corrected chi connectivity index (χ2v) is 4.44. The summed E-state index contributed by atoms with van der Waals surface area (Å²) in [5.74, 6) is -0.508. The summed E-state index contributed by atoms with van der Waals surface area (Å²) in [6.07, 6.45) is -0.0414. The van der Waals surface area contributed by atoms with Crippen molar-refractivity contribution in [1.29, 1.82) is 0 Å². The van der Waals surface area contributed by atoms with E-state index in [2.05, 4.69) is 20.7 Å². The third kappa shape index (κ3) is 2.87. The Kier molecular flexibility index (Phi) is 4.58. The van der Waals surface area contributed by atoms with Gasteiger partial charge in [0.15, 0.2) is 0 Å². The average molecular weight is 309 g/mol. The first-order valence-corrected chi connectivity index (χ1v) is 5.63. The van der Waals surface area contributed by atoms with Crippen LogP contribution >= 0.6 is 27.5 Å². The van der Waals surface area contributed by atoms with Crippen molar-refractivity contribution in [3.63, 3.8) is 0 Å². The van der Waals surface area contributed by atoms with Gasteiger partial charge in [0.2, 0.25) is 0 Å². The van der Waals surface area contributed by atoms with Gasteiger partial charge in [0.1, 0.15) is 5.75 Å². The second kappa shape index (κ2) is 5.52. The number of phenolic OH excluding ortho intramolecular Hbond substituents is 1. The highest BCUT2D eigenvalue weighted by Gasteiger charge is 2.20. The molecule has 1 aromatic rings. The van der Waals surface area contributed by atoms with Crippen LogP contribution in [-0.2, 0) is 9.53 Å². The fourth-order valence-corrected chi connectivity index (χ4v) is 1.91. The fraction of sp³-hybridized carbons (Fsp3) is 0.300. The molecule has 0 aliphatic rings. The first-order valence-electron chi connectivity index (χ1n) is 4.46. The van der Waals surface area contributed by atoms with Gasteiger partial charge in [-0.1, -0.05) is 11.6 Å². The minimum absolute atomic E-state index is 0.0414. The lowest BCUT2D eigenvalue weighted by molar-refractivity contribution is -0.141. The van der Waals surface area contributed by atoms with Crippen LogP contribution < -0.4 is 5.73 Å². The number of ether oxygens (including phenoxy) is 1. The second-order valence-electron chi connectivity index (χ2n) is 3.18. The Morgan fingerprint density at radius 3 is 2.88 bits per heavy atom. The third-order valence-corrected chi connectivity index (χ3v) is 3.07. The maximum Gasteiger partial charge on any atom is 0.307 e. The molecular formula is C10H11BrClNO3. The molecular weight excluding hydrogens is 297 g/mol. The number of halogens is 2. The molecule has 4 nitrogen and oxygen atoms in total. The lowest BCUT2D eigenvalue weighted by Gasteiger charge is -2.15. The molecule has 0 aliphatic heterocycles. The van der Waals surface area contributed by atoms with E-state index in [0.717, 1.165) is 0 Å². The van der Waals surface area contributed by atoms with E-state index in [-0.39, 0.29) is 12.2 Å². The predicted octanol–water partition coefficient (Wildman–Crippen LogP) is 2.37. The van der Waals surface area contributed by atoms with Gasteiger partial charge in [0, 0.05) is 16.6 Å². The lowest BCUT2D eigenvalue weighted by Crippen LogP contribution is -2.17. The number of hydrogen-bond acceptors (Lipinski definition) is 4. The normalized spacial score (nSPS) is 12.2. The average Bonchev–Trinajstić information content (AvgIpc) is 2.24. The molecule has 16 heavy (non-hydrogen) atoms. The van der Waals surface area contributed by atoms with Gasteiger partial charge in [-0.2, -0.15) is 0 Å². The molecule has 0 aromatic heterocycles. The minimum Gasteiger partial charge on any atom is -0.506 e. The van der Waals surface area contributed by atoms with Crippen LogP contribution in [-0.4, -0.2) is 18.2 Å². The van der Waals surface area contributed by atoms with Crippen molar-refractivity contribution in [2.45, 2.75) is 12.5 Å². The molecule has 0 radical (unpaired) electrons. The number of methoxy groups -OCH3 is 1. The maximum atomic E-state index is 11.1. The summed E-state index contributed by atoms with van der Waals surface area (Å²) in [7, 11) is 1.28. The molecule has 0 unspecified atom stereocenters. The minimum atomic E-state index is -0.697. The van der Waals surface area contributed by atoms with Crippen LogP contribution in [0.5, 0.6) is 5.75 Å². The summed E-state index contributed by atoms with van der Waals surface area (Å²) < 4.78 is 4.98. The van der Waals surface area contributed by atoms with Crippen LogP contribution in [0.3, 0.4) is 0 Å². The van der Waals surface area contributed by atoms with Crippen LogP contribution in [0, 0.1) is 0 Å². The quantitative estimate of drug-likeness (QED) is 0.841. The molecule has 0 fully saturated rings. The molecule has 0 bridgehead atoms. The summed E-state index contributed by atoms with van der Waals surface area (Å²) in [5.41, 5.74) is 6.11. The van der Waals surface area contributed by atoms with Crippen molar-refractivity contribution < 1.29 is 14.6 Å². The molecule has 1 rings (SSSR count). The maximum absolute atomic E-state index is 11.1. The van der Waals surface area contributed by atoms with Crippen molar-refractivity contribution in [3.05, 3.63) is 27.2 Å². The Bertz CT molecular complexity index is 411. The molecule has 0 saturated heterocycles. The number of nitrogens with two attached hydrogens (primary N) is 1. The summed E-state index contributed by atoms with van der Waals surface area (Å²) in [5, 5.41) is 10.1. The Balaban J connectivity index is 3.03. The zero-order valence-electron chi connectivity index (χ0n) is 8.54. The van der Waals surface area contributed by atoms with Crippen LogP contribution in [0.15, 0.2) is 16.6 Å². The molecule has 88 valence electrons. The number of aromatic hydroxyl groups is 1. The molecule has 6 heteroatoms. The number of esters is 1. The van der Waals surface area contributed by atoms with E-state index in [1.54, 1.807) is 12.1 Å². The van der Waals surface area contributed by atoms with E-state index >= 15 is 0 Å². The summed E-state index contributed by atoms with van der Waals surface area (Å²) >= 11 is 9.06. The molecule has 0 heterocycles. The van der Waals surface area contributed by atoms with Gasteiger partial charge in [0.25, 0.3) is 0 Å². The van der Waals surface area contributed by atoms with E-state index < -0.39 is 12.0 Å².